The number of hydrogen-bond donors (Lipinski definition) is 3. The van der Waals surface area contributed by atoms with E-state index in [1.165, 1.54) is 19.2 Å². The molecule has 0 bridgehead atoms. The van der Waals surface area contributed by atoms with Crippen molar-refractivity contribution in [1.29, 1.82) is 0 Å². The molecule has 4 atom stereocenters. The molecule has 2 heterocycles. The summed E-state index contributed by atoms with van der Waals surface area (Å²) in [5.41, 5.74) is -0.166. The van der Waals surface area contributed by atoms with E-state index in [9.17, 15) is 18.0 Å². The zero-order chi connectivity index (χ0) is 33.6. The van der Waals surface area contributed by atoms with Gasteiger partial charge in [0, 0.05) is 35.0 Å². The minimum absolute atomic E-state index is 0.0570. The molecule has 46 heavy (non-hydrogen) atoms. The summed E-state index contributed by atoms with van der Waals surface area (Å²) in [6.07, 6.45) is 1.59. The Bertz CT molecular complexity index is 1800. The molecule has 1 fully saturated rings. The minimum Gasteiger partial charge on any atom is -0.494 e. The number of ether oxygens (including phenoxy) is 2. The van der Waals surface area contributed by atoms with Crippen molar-refractivity contribution in [2.45, 2.75) is 50.6 Å². The van der Waals surface area contributed by atoms with Gasteiger partial charge in [0.15, 0.2) is 9.84 Å². The summed E-state index contributed by atoms with van der Waals surface area (Å²) in [5, 5.41) is 9.58. The predicted molar refractivity (Wildman–Crippen MR) is 178 cm³/mol. The standard InChI is InChI=1S/C33H36Cl2FN3O6S/c1-32(2,3)17-26-33(21-11-9-18(34)15-24(21)38-31(33)41)27(20-7-6-8-22(35)28(20)36)29(39-26)30(40)37-23-12-10-19(16-25(23)44-4)45-13-14-46(5,42)43/h6-12,15-16,26-27,29,39H,13-14,17H2,1-5H3,(H,37,40)(H,38,41). The van der Waals surface area contributed by atoms with Crippen LogP contribution < -0.4 is 25.4 Å². The molecule has 3 aromatic rings. The number of rotatable bonds is 9. The van der Waals surface area contributed by atoms with Gasteiger partial charge in [-0.25, -0.2) is 12.8 Å². The Labute approximate surface area is 278 Å². The number of benzene rings is 3. The summed E-state index contributed by atoms with van der Waals surface area (Å²) in [4.78, 5) is 28.6. The highest BCUT2D eigenvalue weighted by Crippen LogP contribution is 2.57. The van der Waals surface area contributed by atoms with Crippen LogP contribution in [-0.4, -0.2) is 58.0 Å². The number of methoxy groups -OCH3 is 1. The Hall–Kier alpha value is -3.38. The summed E-state index contributed by atoms with van der Waals surface area (Å²) in [7, 11) is -1.80. The van der Waals surface area contributed by atoms with Crippen LogP contribution in [0.2, 0.25) is 10.0 Å². The van der Waals surface area contributed by atoms with Crippen molar-refractivity contribution in [3.63, 3.8) is 0 Å². The lowest BCUT2D eigenvalue weighted by Gasteiger charge is -2.37. The molecule has 1 saturated heterocycles. The largest absolute Gasteiger partial charge is 0.494 e. The average molecular weight is 693 g/mol. The van der Waals surface area contributed by atoms with Crippen LogP contribution in [0.5, 0.6) is 11.5 Å². The summed E-state index contributed by atoms with van der Waals surface area (Å²) in [6.45, 7) is 6.04. The van der Waals surface area contributed by atoms with Crippen molar-refractivity contribution in [3.05, 3.63) is 81.6 Å². The Kier molecular flexibility index (Phi) is 9.36. The minimum atomic E-state index is -3.22. The smallest absolute Gasteiger partial charge is 0.242 e. The molecule has 2 aliphatic heterocycles. The van der Waals surface area contributed by atoms with Gasteiger partial charge in [-0.15, -0.1) is 0 Å². The van der Waals surface area contributed by atoms with Crippen molar-refractivity contribution in [3.8, 4) is 11.5 Å². The monoisotopic (exact) mass is 691 g/mol. The molecule has 1 spiro atoms. The SMILES string of the molecule is COc1cc(OCCS(C)(=O)=O)ccc1NC(=O)C1NC(CC(C)(C)C)C2(C(=O)Nc3cc(Cl)ccc32)C1c1cccc(Cl)c1F. The lowest BCUT2D eigenvalue weighted by molar-refractivity contribution is -0.122. The van der Waals surface area contributed by atoms with Crippen LogP contribution in [0.4, 0.5) is 15.8 Å². The molecule has 4 unspecified atom stereocenters. The van der Waals surface area contributed by atoms with E-state index in [-0.39, 0.29) is 40.0 Å². The zero-order valence-electron chi connectivity index (χ0n) is 26.0. The van der Waals surface area contributed by atoms with Gasteiger partial charge in [-0.1, -0.05) is 62.2 Å². The third-order valence-electron chi connectivity index (χ3n) is 8.37. The highest BCUT2D eigenvalue weighted by Gasteiger charge is 2.66. The summed E-state index contributed by atoms with van der Waals surface area (Å²) in [6, 6.07) is 12.6. The van der Waals surface area contributed by atoms with E-state index in [0.29, 0.717) is 34.1 Å². The Morgan fingerprint density at radius 2 is 1.85 bits per heavy atom. The highest BCUT2D eigenvalue weighted by molar-refractivity contribution is 7.90. The Balaban J connectivity index is 1.60. The molecule has 246 valence electrons. The number of carbonyl (C=O) groups is 2. The maximum atomic E-state index is 16.0. The second kappa shape index (κ2) is 12.7. The number of fused-ring (bicyclic) bond motifs is 2. The van der Waals surface area contributed by atoms with E-state index in [1.807, 2.05) is 20.8 Å². The number of hydrogen-bond acceptors (Lipinski definition) is 7. The third-order valence-corrected chi connectivity index (χ3v) is 9.81. The fourth-order valence-corrected chi connectivity index (χ4v) is 7.28. The van der Waals surface area contributed by atoms with Gasteiger partial charge in [0.1, 0.15) is 29.3 Å². The summed E-state index contributed by atoms with van der Waals surface area (Å²) >= 11 is 12.6. The van der Waals surface area contributed by atoms with Crippen molar-refractivity contribution < 1.29 is 31.9 Å². The molecule has 0 saturated carbocycles. The molecular formula is C33H36Cl2FN3O6S. The topological polar surface area (TPSA) is 123 Å². The molecule has 5 rings (SSSR count). The van der Waals surface area contributed by atoms with E-state index < -0.39 is 45.0 Å². The number of anilines is 2. The number of carbonyl (C=O) groups excluding carboxylic acids is 2. The molecule has 2 amide bonds. The number of sulfone groups is 1. The van der Waals surface area contributed by atoms with Crippen molar-refractivity contribution >= 4 is 56.2 Å². The molecule has 3 aromatic carbocycles. The van der Waals surface area contributed by atoms with Crippen LogP contribution in [0.15, 0.2) is 54.6 Å². The quantitative estimate of drug-likeness (QED) is 0.253. The zero-order valence-corrected chi connectivity index (χ0v) is 28.4. The van der Waals surface area contributed by atoms with Crippen LogP contribution in [0.25, 0.3) is 0 Å². The van der Waals surface area contributed by atoms with Crippen molar-refractivity contribution in [2.75, 3.05) is 36.4 Å². The Morgan fingerprint density at radius 3 is 2.52 bits per heavy atom. The van der Waals surface area contributed by atoms with E-state index >= 15 is 4.39 Å². The first kappa shape index (κ1) is 34.0. The van der Waals surface area contributed by atoms with Crippen LogP contribution >= 0.6 is 23.2 Å². The lowest BCUT2D eigenvalue weighted by atomic mass is 9.62. The molecule has 0 aromatic heterocycles. The second-order valence-corrected chi connectivity index (χ2v) is 16.0. The summed E-state index contributed by atoms with van der Waals surface area (Å²) < 4.78 is 50.1. The van der Waals surface area contributed by atoms with Gasteiger partial charge in [0.25, 0.3) is 0 Å². The predicted octanol–water partition coefficient (Wildman–Crippen LogP) is 5.95. The van der Waals surface area contributed by atoms with E-state index in [2.05, 4.69) is 16.0 Å². The molecular weight excluding hydrogens is 656 g/mol. The number of nitrogens with one attached hydrogen (secondary N) is 3. The first-order valence-electron chi connectivity index (χ1n) is 14.7. The number of amides is 2. The van der Waals surface area contributed by atoms with Gasteiger partial charge >= 0.3 is 0 Å². The van der Waals surface area contributed by atoms with Gasteiger partial charge in [-0.05, 0) is 53.3 Å². The van der Waals surface area contributed by atoms with Gasteiger partial charge in [-0.3, -0.25) is 9.59 Å². The molecule has 3 N–H and O–H groups in total. The van der Waals surface area contributed by atoms with E-state index in [0.717, 1.165) is 6.26 Å². The maximum absolute atomic E-state index is 16.0. The molecule has 0 aliphatic carbocycles. The fourth-order valence-electron chi connectivity index (χ4n) is 6.54. The molecule has 2 aliphatic rings. The molecule has 9 nitrogen and oxygen atoms in total. The van der Waals surface area contributed by atoms with Crippen LogP contribution in [0, 0.1) is 11.2 Å². The fraction of sp³-hybridized carbons (Fsp3) is 0.394. The lowest BCUT2D eigenvalue weighted by Crippen LogP contribution is -2.49. The van der Waals surface area contributed by atoms with Crippen molar-refractivity contribution in [2.24, 2.45) is 5.41 Å². The van der Waals surface area contributed by atoms with Gasteiger partial charge < -0.3 is 25.4 Å². The molecule has 0 radical (unpaired) electrons. The average Bonchev–Trinajstić information content (AvgIpc) is 3.43. The van der Waals surface area contributed by atoms with E-state index in [4.69, 9.17) is 32.7 Å². The highest BCUT2D eigenvalue weighted by atomic mass is 35.5. The second-order valence-electron chi connectivity index (χ2n) is 12.9. The van der Waals surface area contributed by atoms with Gasteiger partial charge in [-0.2, -0.15) is 0 Å². The third kappa shape index (κ3) is 6.56. The van der Waals surface area contributed by atoms with E-state index in [1.54, 1.807) is 42.5 Å². The van der Waals surface area contributed by atoms with Gasteiger partial charge in [0.05, 0.1) is 29.6 Å². The van der Waals surface area contributed by atoms with Crippen molar-refractivity contribution in [1.82, 2.24) is 5.32 Å². The Morgan fingerprint density at radius 1 is 1.11 bits per heavy atom. The summed E-state index contributed by atoms with van der Waals surface area (Å²) in [5.74, 6) is -2.20. The maximum Gasteiger partial charge on any atom is 0.242 e. The van der Waals surface area contributed by atoms with Crippen LogP contribution in [-0.2, 0) is 24.8 Å². The van der Waals surface area contributed by atoms with Crippen LogP contribution in [0.3, 0.4) is 0 Å². The van der Waals surface area contributed by atoms with Crippen LogP contribution in [0.1, 0.15) is 44.2 Å². The first-order valence-corrected chi connectivity index (χ1v) is 17.5. The first-order chi connectivity index (χ1) is 21.5. The number of halogens is 3. The van der Waals surface area contributed by atoms with Gasteiger partial charge in [0.2, 0.25) is 11.8 Å². The normalized spacial score (nSPS) is 22.4. The molecule has 13 heteroatoms.